The first-order valence-corrected chi connectivity index (χ1v) is 8.89. The summed E-state index contributed by atoms with van der Waals surface area (Å²) in [4.78, 5) is 13.6. The molecule has 0 bridgehead atoms. The van der Waals surface area contributed by atoms with Gasteiger partial charge in [0.05, 0.1) is 0 Å². The maximum absolute atomic E-state index is 12.0. The van der Waals surface area contributed by atoms with Crippen molar-refractivity contribution in [2.45, 2.75) is 18.9 Å². The predicted molar refractivity (Wildman–Crippen MR) is 99.9 cm³/mol. The lowest BCUT2D eigenvalue weighted by atomic mass is 9.88. The van der Waals surface area contributed by atoms with Gasteiger partial charge in [0.15, 0.2) is 0 Å². The third-order valence-corrected chi connectivity index (χ3v) is 4.71. The fraction of sp³-hybridized carbons (Fsp3) is 0.381. The molecule has 25 heavy (non-hydrogen) atoms. The molecule has 0 spiro atoms. The van der Waals surface area contributed by atoms with E-state index < -0.39 is 0 Å². The molecule has 1 unspecified atom stereocenters. The summed E-state index contributed by atoms with van der Waals surface area (Å²) >= 11 is 0. The number of hydrogen-bond acceptors (Lipinski definition) is 3. The Morgan fingerprint density at radius 2 is 1.68 bits per heavy atom. The molecule has 1 saturated heterocycles. The highest BCUT2D eigenvalue weighted by Gasteiger charge is 2.26. The minimum atomic E-state index is 0.00418. The summed E-state index contributed by atoms with van der Waals surface area (Å²) in [7, 11) is 3.52. The molecule has 4 heteroatoms. The van der Waals surface area contributed by atoms with Gasteiger partial charge in [-0.2, -0.15) is 0 Å². The minimum absolute atomic E-state index is 0.00418. The third kappa shape index (κ3) is 4.40. The molecule has 132 valence electrons. The topological polar surface area (TPSA) is 41.6 Å². The van der Waals surface area contributed by atoms with E-state index in [9.17, 15) is 4.79 Å². The molecule has 1 aliphatic rings. The van der Waals surface area contributed by atoms with E-state index in [0.717, 1.165) is 31.7 Å². The smallest absolute Gasteiger partial charge is 0.253 e. The average molecular weight is 338 g/mol. The number of piperidine rings is 1. The van der Waals surface area contributed by atoms with Crippen LogP contribution in [-0.2, 0) is 0 Å². The Balaban J connectivity index is 1.79. The quantitative estimate of drug-likeness (QED) is 0.907. The van der Waals surface area contributed by atoms with Crippen molar-refractivity contribution in [3.05, 3.63) is 65.7 Å². The van der Waals surface area contributed by atoms with Gasteiger partial charge in [0, 0.05) is 25.6 Å². The van der Waals surface area contributed by atoms with Crippen LogP contribution in [0.4, 0.5) is 0 Å². The molecule has 1 amide bonds. The van der Waals surface area contributed by atoms with Gasteiger partial charge < -0.3 is 15.0 Å². The molecule has 0 radical (unpaired) electrons. The third-order valence-electron chi connectivity index (χ3n) is 4.71. The van der Waals surface area contributed by atoms with E-state index in [0.29, 0.717) is 11.5 Å². The zero-order valence-corrected chi connectivity index (χ0v) is 14.9. The van der Waals surface area contributed by atoms with E-state index in [1.54, 1.807) is 19.0 Å². The van der Waals surface area contributed by atoms with E-state index in [1.807, 2.05) is 30.3 Å². The average Bonchev–Trinajstić information content (AvgIpc) is 2.67. The molecule has 1 fully saturated rings. The Morgan fingerprint density at radius 1 is 1.04 bits per heavy atom. The van der Waals surface area contributed by atoms with Crippen molar-refractivity contribution in [3.63, 3.8) is 0 Å². The van der Waals surface area contributed by atoms with Crippen LogP contribution in [-0.4, -0.2) is 38.0 Å². The molecule has 4 nitrogen and oxygen atoms in total. The van der Waals surface area contributed by atoms with Crippen LogP contribution in [0.5, 0.6) is 5.75 Å². The largest absolute Gasteiger partial charge is 0.485 e. The SMILES string of the molecule is CN(C)C(=O)c1ccc(OC(c2ccccc2)C2CCNCC2)cc1. The van der Waals surface area contributed by atoms with Crippen molar-refractivity contribution in [2.24, 2.45) is 5.92 Å². The molecule has 0 aliphatic carbocycles. The Morgan fingerprint density at radius 3 is 2.28 bits per heavy atom. The van der Waals surface area contributed by atoms with Gasteiger partial charge >= 0.3 is 0 Å². The fourth-order valence-electron chi connectivity index (χ4n) is 3.31. The van der Waals surface area contributed by atoms with Crippen LogP contribution < -0.4 is 10.1 Å². The minimum Gasteiger partial charge on any atom is -0.485 e. The number of nitrogens with zero attached hydrogens (tertiary/aromatic N) is 1. The number of rotatable bonds is 5. The van der Waals surface area contributed by atoms with Gasteiger partial charge in [0.25, 0.3) is 5.91 Å². The lowest BCUT2D eigenvalue weighted by Gasteiger charge is -2.31. The highest BCUT2D eigenvalue weighted by Crippen LogP contribution is 2.33. The molecule has 1 heterocycles. The number of hydrogen-bond donors (Lipinski definition) is 1. The van der Waals surface area contributed by atoms with Gasteiger partial charge in [-0.15, -0.1) is 0 Å². The first-order valence-electron chi connectivity index (χ1n) is 8.89. The highest BCUT2D eigenvalue weighted by atomic mass is 16.5. The summed E-state index contributed by atoms with van der Waals surface area (Å²) in [6, 6.07) is 17.9. The van der Waals surface area contributed by atoms with E-state index in [2.05, 4.69) is 29.6 Å². The summed E-state index contributed by atoms with van der Waals surface area (Å²) in [5.74, 6) is 1.30. The summed E-state index contributed by atoms with van der Waals surface area (Å²) in [6.07, 6.45) is 2.26. The Kier molecular flexibility index (Phi) is 5.71. The molecule has 2 aromatic rings. The van der Waals surface area contributed by atoms with E-state index >= 15 is 0 Å². The maximum atomic E-state index is 12.0. The predicted octanol–water partition coefficient (Wildman–Crippen LogP) is 3.51. The van der Waals surface area contributed by atoms with E-state index in [4.69, 9.17) is 4.74 Å². The van der Waals surface area contributed by atoms with Crippen molar-refractivity contribution in [2.75, 3.05) is 27.2 Å². The zero-order chi connectivity index (χ0) is 17.6. The molecule has 3 rings (SSSR count). The molecule has 1 aliphatic heterocycles. The van der Waals surface area contributed by atoms with Crippen molar-refractivity contribution in [1.29, 1.82) is 0 Å². The van der Waals surface area contributed by atoms with Crippen LogP contribution in [0, 0.1) is 5.92 Å². The number of ether oxygens (including phenoxy) is 1. The molecule has 1 N–H and O–H groups in total. The standard InChI is InChI=1S/C21H26N2O2/c1-23(2)21(24)18-8-10-19(11-9-18)25-20(16-6-4-3-5-7-16)17-12-14-22-15-13-17/h3-11,17,20,22H,12-15H2,1-2H3. The number of benzene rings is 2. The Bertz CT molecular complexity index is 677. The molecular weight excluding hydrogens is 312 g/mol. The molecule has 0 aromatic heterocycles. The van der Waals surface area contributed by atoms with Crippen LogP contribution in [0.3, 0.4) is 0 Å². The monoisotopic (exact) mass is 338 g/mol. The van der Waals surface area contributed by atoms with Gasteiger partial charge in [0.2, 0.25) is 0 Å². The van der Waals surface area contributed by atoms with Gasteiger partial charge in [-0.1, -0.05) is 30.3 Å². The molecule has 0 saturated carbocycles. The highest BCUT2D eigenvalue weighted by molar-refractivity contribution is 5.93. The molecular formula is C21H26N2O2. The van der Waals surface area contributed by atoms with Gasteiger partial charge in [-0.05, 0) is 55.8 Å². The Labute approximate surface area is 149 Å². The summed E-state index contributed by atoms with van der Waals surface area (Å²) in [5, 5.41) is 3.42. The summed E-state index contributed by atoms with van der Waals surface area (Å²) in [5.41, 5.74) is 1.89. The second-order valence-electron chi connectivity index (χ2n) is 6.76. The summed E-state index contributed by atoms with van der Waals surface area (Å²) < 4.78 is 6.38. The number of carbonyl (C=O) groups excluding carboxylic acids is 1. The molecule has 2 aromatic carbocycles. The maximum Gasteiger partial charge on any atom is 0.253 e. The van der Waals surface area contributed by atoms with Crippen molar-refractivity contribution < 1.29 is 9.53 Å². The summed E-state index contributed by atoms with van der Waals surface area (Å²) in [6.45, 7) is 2.07. The first-order chi connectivity index (χ1) is 12.1. The second kappa shape index (κ2) is 8.17. The van der Waals surface area contributed by atoms with Crippen LogP contribution in [0.2, 0.25) is 0 Å². The fourth-order valence-corrected chi connectivity index (χ4v) is 3.31. The lowest BCUT2D eigenvalue weighted by molar-refractivity contribution is 0.0827. The van der Waals surface area contributed by atoms with E-state index in [-0.39, 0.29) is 12.0 Å². The number of amides is 1. The van der Waals surface area contributed by atoms with Crippen LogP contribution in [0.15, 0.2) is 54.6 Å². The normalized spacial score (nSPS) is 16.2. The van der Waals surface area contributed by atoms with E-state index in [1.165, 1.54) is 5.56 Å². The number of carbonyl (C=O) groups is 1. The second-order valence-corrected chi connectivity index (χ2v) is 6.76. The van der Waals surface area contributed by atoms with Gasteiger partial charge in [-0.25, -0.2) is 0 Å². The van der Waals surface area contributed by atoms with Gasteiger partial charge in [-0.3, -0.25) is 4.79 Å². The van der Waals surface area contributed by atoms with Crippen LogP contribution >= 0.6 is 0 Å². The van der Waals surface area contributed by atoms with Crippen molar-refractivity contribution in [1.82, 2.24) is 10.2 Å². The lowest BCUT2D eigenvalue weighted by Crippen LogP contribution is -2.32. The van der Waals surface area contributed by atoms with Crippen molar-refractivity contribution >= 4 is 5.91 Å². The first kappa shape index (κ1) is 17.5. The number of nitrogens with one attached hydrogen (secondary N) is 1. The Hall–Kier alpha value is -2.33. The molecule has 1 atom stereocenters. The van der Waals surface area contributed by atoms with Crippen LogP contribution in [0.25, 0.3) is 0 Å². The van der Waals surface area contributed by atoms with Crippen LogP contribution in [0.1, 0.15) is 34.9 Å². The van der Waals surface area contributed by atoms with Gasteiger partial charge in [0.1, 0.15) is 11.9 Å². The van der Waals surface area contributed by atoms with Crippen molar-refractivity contribution in [3.8, 4) is 5.75 Å². The zero-order valence-electron chi connectivity index (χ0n) is 14.9.